The summed E-state index contributed by atoms with van der Waals surface area (Å²) in [4.78, 5) is 11.9. The fraction of sp³-hybridized carbons (Fsp3) is 0.250. The molecule has 0 radical (unpaired) electrons. The standard InChI is InChI=1S/C20H21BrFN5O4.ClH/c1-29-16-9-13(10-24-6-7-25-20(28)17-19(23)27-31-26-17)8-15(21)18(16)30-11-12-2-4-14(22)5-3-12;/h2-5,8-9,24H,6-7,10-11H2,1H3,(H2,23,27)(H,25,28);1H/p-1. The Morgan fingerprint density at radius 2 is 1.94 bits per heavy atom. The molecule has 9 nitrogen and oxygen atoms in total. The summed E-state index contributed by atoms with van der Waals surface area (Å²) in [6, 6.07) is 9.88. The van der Waals surface area contributed by atoms with Crippen LogP contribution in [0, 0.1) is 5.82 Å². The second-order valence-corrected chi connectivity index (χ2v) is 7.31. The van der Waals surface area contributed by atoms with Crippen molar-refractivity contribution in [3.05, 3.63) is 63.5 Å². The molecule has 0 unspecified atom stereocenters. The minimum atomic E-state index is -0.451. The number of nitrogen functional groups attached to an aromatic ring is 1. The van der Waals surface area contributed by atoms with Crippen LogP contribution >= 0.6 is 15.9 Å². The molecule has 1 amide bonds. The molecule has 3 aromatic rings. The molecule has 2 aromatic carbocycles. The van der Waals surface area contributed by atoms with Crippen molar-refractivity contribution in [3.8, 4) is 11.5 Å². The van der Waals surface area contributed by atoms with Crippen LogP contribution in [-0.2, 0) is 13.2 Å². The second kappa shape index (κ2) is 12.2. The van der Waals surface area contributed by atoms with E-state index in [1.165, 1.54) is 12.1 Å². The molecule has 0 aliphatic rings. The normalized spacial score (nSPS) is 10.3. The number of amides is 1. The molecule has 172 valence electrons. The van der Waals surface area contributed by atoms with Crippen LogP contribution in [-0.4, -0.2) is 36.4 Å². The quantitative estimate of drug-likeness (QED) is 0.305. The predicted molar refractivity (Wildman–Crippen MR) is 114 cm³/mol. The minimum Gasteiger partial charge on any atom is -1.00 e. The molecule has 0 aliphatic carbocycles. The Kier molecular flexibility index (Phi) is 9.69. The molecule has 0 aliphatic heterocycles. The van der Waals surface area contributed by atoms with Crippen molar-refractivity contribution in [2.24, 2.45) is 0 Å². The van der Waals surface area contributed by atoms with Gasteiger partial charge in [-0.3, -0.25) is 4.79 Å². The van der Waals surface area contributed by atoms with Crippen LogP contribution < -0.4 is 38.2 Å². The van der Waals surface area contributed by atoms with E-state index in [0.29, 0.717) is 31.1 Å². The Morgan fingerprint density at radius 3 is 2.59 bits per heavy atom. The lowest BCUT2D eigenvalue weighted by Gasteiger charge is -2.15. The Labute approximate surface area is 198 Å². The molecule has 0 saturated carbocycles. The van der Waals surface area contributed by atoms with Gasteiger partial charge in [0.15, 0.2) is 11.5 Å². The van der Waals surface area contributed by atoms with Gasteiger partial charge in [0.25, 0.3) is 5.91 Å². The minimum absolute atomic E-state index is 0. The Bertz CT molecular complexity index is 1040. The van der Waals surface area contributed by atoms with Gasteiger partial charge >= 0.3 is 0 Å². The molecular formula is C20H21BrClFN5O4-. The number of anilines is 1. The van der Waals surface area contributed by atoms with E-state index in [9.17, 15) is 9.18 Å². The SMILES string of the molecule is COc1cc(CNCCNC(=O)c2nonc2N)cc(Br)c1OCc1ccc(F)cc1.[Cl-]. The summed E-state index contributed by atoms with van der Waals surface area (Å²) in [6.07, 6.45) is 0. The van der Waals surface area contributed by atoms with Gasteiger partial charge in [-0.15, -0.1) is 0 Å². The molecule has 32 heavy (non-hydrogen) atoms. The average Bonchev–Trinajstić information content (AvgIpc) is 3.19. The number of aromatic nitrogens is 2. The maximum atomic E-state index is 13.0. The van der Waals surface area contributed by atoms with Crippen LogP contribution in [0.4, 0.5) is 10.2 Å². The van der Waals surface area contributed by atoms with Gasteiger partial charge in [-0.05, 0) is 61.6 Å². The van der Waals surface area contributed by atoms with Gasteiger partial charge in [-0.1, -0.05) is 12.1 Å². The highest BCUT2D eigenvalue weighted by atomic mass is 79.9. The van der Waals surface area contributed by atoms with E-state index in [0.717, 1.165) is 15.6 Å². The Morgan fingerprint density at radius 1 is 1.19 bits per heavy atom. The molecule has 1 aromatic heterocycles. The highest BCUT2D eigenvalue weighted by Crippen LogP contribution is 2.37. The van der Waals surface area contributed by atoms with Crippen molar-refractivity contribution < 1.29 is 35.7 Å². The van der Waals surface area contributed by atoms with Gasteiger partial charge in [-0.25, -0.2) is 9.02 Å². The second-order valence-electron chi connectivity index (χ2n) is 6.45. The molecule has 3 rings (SSSR count). The van der Waals surface area contributed by atoms with Gasteiger partial charge in [0.2, 0.25) is 11.5 Å². The molecule has 4 N–H and O–H groups in total. The van der Waals surface area contributed by atoms with E-state index in [1.54, 1.807) is 19.2 Å². The third-order valence-electron chi connectivity index (χ3n) is 4.23. The van der Waals surface area contributed by atoms with Crippen LogP contribution in [0.15, 0.2) is 45.5 Å². The number of hydrogen-bond acceptors (Lipinski definition) is 8. The molecule has 0 saturated heterocycles. The summed E-state index contributed by atoms with van der Waals surface area (Å²) in [5.74, 6) is 0.326. The number of hydrogen-bond donors (Lipinski definition) is 3. The molecule has 0 spiro atoms. The number of ether oxygens (including phenoxy) is 2. The van der Waals surface area contributed by atoms with Crippen LogP contribution in [0.2, 0.25) is 0 Å². The van der Waals surface area contributed by atoms with Crippen molar-refractivity contribution in [2.75, 3.05) is 25.9 Å². The van der Waals surface area contributed by atoms with Crippen LogP contribution in [0.25, 0.3) is 0 Å². The van der Waals surface area contributed by atoms with Crippen molar-refractivity contribution in [1.29, 1.82) is 0 Å². The zero-order valence-corrected chi connectivity index (χ0v) is 19.4. The first-order chi connectivity index (χ1) is 15.0. The molecule has 1 heterocycles. The Balaban J connectivity index is 0.00000363. The zero-order chi connectivity index (χ0) is 22.2. The van der Waals surface area contributed by atoms with E-state index in [4.69, 9.17) is 15.2 Å². The number of nitrogens with two attached hydrogens (primary N) is 1. The zero-order valence-electron chi connectivity index (χ0n) is 17.0. The molecule has 12 heteroatoms. The highest BCUT2D eigenvalue weighted by Gasteiger charge is 2.15. The van der Waals surface area contributed by atoms with Crippen molar-refractivity contribution in [1.82, 2.24) is 20.9 Å². The number of carbonyl (C=O) groups excluding carboxylic acids is 1. The number of methoxy groups -OCH3 is 1. The van der Waals surface area contributed by atoms with Gasteiger partial charge in [0.1, 0.15) is 12.4 Å². The predicted octanol–water partition coefficient (Wildman–Crippen LogP) is -0.335. The summed E-state index contributed by atoms with van der Waals surface area (Å²) < 4.78 is 29.5. The number of rotatable bonds is 10. The van der Waals surface area contributed by atoms with Gasteiger partial charge < -0.3 is 38.2 Å². The summed E-state index contributed by atoms with van der Waals surface area (Å²) in [6.45, 7) is 1.69. The largest absolute Gasteiger partial charge is 1.00 e. The first-order valence-electron chi connectivity index (χ1n) is 9.28. The summed E-state index contributed by atoms with van der Waals surface area (Å²) >= 11 is 3.51. The van der Waals surface area contributed by atoms with E-state index < -0.39 is 5.91 Å². The van der Waals surface area contributed by atoms with Crippen LogP contribution in [0.5, 0.6) is 11.5 Å². The van der Waals surface area contributed by atoms with E-state index in [2.05, 4.69) is 41.5 Å². The van der Waals surface area contributed by atoms with Gasteiger partial charge in [-0.2, -0.15) is 0 Å². The third kappa shape index (κ3) is 6.81. The summed E-state index contributed by atoms with van der Waals surface area (Å²) in [5, 5.41) is 12.7. The summed E-state index contributed by atoms with van der Waals surface area (Å²) in [7, 11) is 1.56. The number of carbonyl (C=O) groups is 1. The highest BCUT2D eigenvalue weighted by molar-refractivity contribution is 9.10. The molecule has 0 fully saturated rings. The first-order valence-corrected chi connectivity index (χ1v) is 10.1. The number of nitrogens with zero attached hydrogens (tertiary/aromatic N) is 2. The van der Waals surface area contributed by atoms with Crippen LogP contribution in [0.1, 0.15) is 21.6 Å². The van der Waals surface area contributed by atoms with Crippen molar-refractivity contribution in [3.63, 3.8) is 0 Å². The van der Waals surface area contributed by atoms with Crippen molar-refractivity contribution >= 4 is 27.7 Å². The lowest BCUT2D eigenvalue weighted by atomic mass is 10.2. The average molecular weight is 530 g/mol. The smallest absolute Gasteiger partial charge is 0.277 e. The lowest BCUT2D eigenvalue weighted by molar-refractivity contribution is -0.0000163. The van der Waals surface area contributed by atoms with E-state index >= 15 is 0 Å². The fourth-order valence-corrected chi connectivity index (χ4v) is 3.29. The first kappa shape index (κ1) is 25.4. The maximum Gasteiger partial charge on any atom is 0.277 e. The fourth-order valence-electron chi connectivity index (χ4n) is 2.69. The topological polar surface area (TPSA) is 125 Å². The molecule has 0 atom stereocenters. The summed E-state index contributed by atoms with van der Waals surface area (Å²) in [5.41, 5.74) is 7.23. The van der Waals surface area contributed by atoms with E-state index in [1.807, 2.05) is 12.1 Å². The van der Waals surface area contributed by atoms with Crippen molar-refractivity contribution in [2.45, 2.75) is 13.2 Å². The van der Waals surface area contributed by atoms with E-state index in [-0.39, 0.29) is 36.3 Å². The monoisotopic (exact) mass is 528 g/mol. The molecular weight excluding hydrogens is 509 g/mol. The number of halogens is 3. The number of nitrogens with one attached hydrogen (secondary N) is 2. The van der Waals surface area contributed by atoms with Crippen LogP contribution in [0.3, 0.4) is 0 Å². The van der Waals surface area contributed by atoms with Gasteiger partial charge in [0.05, 0.1) is 11.6 Å². The third-order valence-corrected chi connectivity index (χ3v) is 4.82. The number of benzene rings is 2. The van der Waals surface area contributed by atoms with Gasteiger partial charge in [0, 0.05) is 19.6 Å². The molecule has 0 bridgehead atoms. The maximum absolute atomic E-state index is 13.0. The lowest BCUT2D eigenvalue weighted by Crippen LogP contribution is -3.00. The Hall–Kier alpha value is -2.89.